The van der Waals surface area contributed by atoms with Gasteiger partial charge in [-0.2, -0.15) is 0 Å². The third kappa shape index (κ3) is 10.1. The first-order valence-corrected chi connectivity index (χ1v) is 10.8. The van der Waals surface area contributed by atoms with E-state index in [0.717, 1.165) is 32.1 Å². The van der Waals surface area contributed by atoms with Crippen molar-refractivity contribution in [3.05, 3.63) is 29.8 Å². The molecule has 0 fully saturated rings. The molecular weight excluding hydrogens is 436 g/mol. The third-order valence-electron chi connectivity index (χ3n) is 3.66. The van der Waals surface area contributed by atoms with Crippen molar-refractivity contribution in [1.29, 1.82) is 0 Å². The molecule has 1 aromatic carbocycles. The number of sulfonamides is 1. The van der Waals surface area contributed by atoms with Crippen molar-refractivity contribution in [2.75, 3.05) is 13.2 Å². The van der Waals surface area contributed by atoms with Crippen LogP contribution in [0, 0.1) is 10.8 Å². The van der Waals surface area contributed by atoms with Gasteiger partial charge in [0.25, 0.3) is 5.91 Å². The third-order valence-corrected chi connectivity index (χ3v) is 4.87. The number of nitrogens with two attached hydrogens (primary N) is 1. The number of benzene rings is 1. The van der Waals surface area contributed by atoms with Crippen LogP contribution in [0.25, 0.3) is 0 Å². The SMILES string of the molecule is NS(=O)(=O)c1ccc(C(=O)NCCCCCCCC(=O)OCC#CBr)cc1. The van der Waals surface area contributed by atoms with Crippen LogP contribution in [0.4, 0.5) is 0 Å². The maximum absolute atomic E-state index is 12.0. The van der Waals surface area contributed by atoms with E-state index in [2.05, 4.69) is 32.0 Å². The molecule has 0 saturated heterocycles. The first kappa shape index (κ1) is 23.1. The second-order valence-corrected chi connectivity index (χ2v) is 7.73. The molecule has 3 N–H and O–H groups in total. The number of carbonyl (C=O) groups is 2. The van der Waals surface area contributed by atoms with Gasteiger partial charge in [0.05, 0.1) is 4.90 Å². The second-order valence-electron chi connectivity index (χ2n) is 5.78. The van der Waals surface area contributed by atoms with Gasteiger partial charge in [-0.15, -0.1) is 0 Å². The van der Waals surface area contributed by atoms with Crippen LogP contribution in [0.2, 0.25) is 0 Å². The Hall–Kier alpha value is -1.89. The van der Waals surface area contributed by atoms with Gasteiger partial charge in [-0.3, -0.25) is 9.59 Å². The number of primary sulfonamides is 1. The highest BCUT2D eigenvalue weighted by molar-refractivity contribution is 9.12. The number of nitrogens with one attached hydrogen (secondary N) is 1. The molecule has 7 nitrogen and oxygen atoms in total. The Bertz CT molecular complexity index is 782. The number of halogens is 1. The van der Waals surface area contributed by atoms with E-state index in [0.29, 0.717) is 18.5 Å². The van der Waals surface area contributed by atoms with E-state index in [-0.39, 0.29) is 23.4 Å². The number of amides is 1. The number of hydrogen-bond acceptors (Lipinski definition) is 5. The molecule has 27 heavy (non-hydrogen) atoms. The zero-order chi connectivity index (χ0) is 20.1. The monoisotopic (exact) mass is 458 g/mol. The van der Waals surface area contributed by atoms with E-state index >= 15 is 0 Å². The minimum atomic E-state index is -3.76. The van der Waals surface area contributed by atoms with Crippen LogP contribution in [-0.4, -0.2) is 33.4 Å². The van der Waals surface area contributed by atoms with Crippen molar-refractivity contribution in [3.63, 3.8) is 0 Å². The molecule has 0 atom stereocenters. The molecule has 0 aliphatic rings. The molecule has 1 rings (SSSR count). The van der Waals surface area contributed by atoms with E-state index < -0.39 is 10.0 Å². The fourth-order valence-electron chi connectivity index (χ4n) is 2.24. The number of ether oxygens (including phenoxy) is 1. The average Bonchev–Trinajstić information content (AvgIpc) is 2.63. The predicted molar refractivity (Wildman–Crippen MR) is 106 cm³/mol. The van der Waals surface area contributed by atoms with Crippen molar-refractivity contribution in [2.24, 2.45) is 5.14 Å². The molecular formula is C18H23BrN2O5S. The van der Waals surface area contributed by atoms with Crippen LogP contribution in [-0.2, 0) is 19.6 Å². The minimum Gasteiger partial charge on any atom is -0.452 e. The summed E-state index contributed by atoms with van der Waals surface area (Å²) in [6, 6.07) is 5.47. The molecule has 1 aromatic rings. The predicted octanol–water partition coefficient (Wildman–Crippen LogP) is 2.30. The van der Waals surface area contributed by atoms with Crippen molar-refractivity contribution < 1.29 is 22.7 Å². The Morgan fingerprint density at radius 1 is 1.07 bits per heavy atom. The van der Waals surface area contributed by atoms with Gasteiger partial charge in [0.1, 0.15) is 0 Å². The van der Waals surface area contributed by atoms with Crippen molar-refractivity contribution in [3.8, 4) is 10.8 Å². The van der Waals surface area contributed by atoms with Crippen LogP contribution in [0.3, 0.4) is 0 Å². The second kappa shape index (κ2) is 12.5. The first-order chi connectivity index (χ1) is 12.8. The Morgan fingerprint density at radius 2 is 1.70 bits per heavy atom. The topological polar surface area (TPSA) is 116 Å². The summed E-state index contributed by atoms with van der Waals surface area (Å²) in [6.07, 6.45) is 4.80. The normalized spacial score (nSPS) is 10.6. The zero-order valence-corrected chi connectivity index (χ0v) is 17.3. The molecule has 0 spiro atoms. The van der Waals surface area contributed by atoms with Gasteiger partial charge in [0.2, 0.25) is 10.0 Å². The largest absolute Gasteiger partial charge is 0.452 e. The fourth-order valence-corrected chi connectivity index (χ4v) is 2.87. The van der Waals surface area contributed by atoms with E-state index in [1.165, 1.54) is 24.3 Å². The fraction of sp³-hybridized carbons (Fsp3) is 0.444. The molecule has 1 amide bonds. The lowest BCUT2D eigenvalue weighted by molar-refractivity contribution is -0.142. The molecule has 0 bridgehead atoms. The highest BCUT2D eigenvalue weighted by Gasteiger charge is 2.09. The Kier molecular flexibility index (Phi) is 10.7. The van der Waals surface area contributed by atoms with E-state index in [1.807, 2.05) is 0 Å². The Labute approximate surface area is 168 Å². The summed E-state index contributed by atoms with van der Waals surface area (Å²) in [4.78, 5) is 25.8. The van der Waals surface area contributed by atoms with E-state index in [1.54, 1.807) is 0 Å². The van der Waals surface area contributed by atoms with Gasteiger partial charge in [-0.05, 0) is 47.9 Å². The van der Waals surface area contributed by atoms with Gasteiger partial charge in [0.15, 0.2) is 6.61 Å². The van der Waals surface area contributed by atoms with Crippen LogP contribution >= 0.6 is 15.9 Å². The maximum atomic E-state index is 12.0. The lowest BCUT2D eigenvalue weighted by Crippen LogP contribution is -2.24. The smallest absolute Gasteiger partial charge is 0.306 e. The summed E-state index contributed by atoms with van der Waals surface area (Å²) in [6.45, 7) is 0.636. The zero-order valence-electron chi connectivity index (χ0n) is 14.9. The molecule has 0 aliphatic carbocycles. The molecule has 0 unspecified atom stereocenters. The summed E-state index contributed by atoms with van der Waals surface area (Å²) in [5.41, 5.74) is 0.380. The molecule has 0 aromatic heterocycles. The highest BCUT2D eigenvalue weighted by atomic mass is 79.9. The molecule has 9 heteroatoms. The van der Waals surface area contributed by atoms with Crippen LogP contribution < -0.4 is 10.5 Å². The standard InChI is InChI=1S/C18H23BrN2O5S/c19-12-6-14-26-17(22)7-4-2-1-3-5-13-21-18(23)15-8-10-16(11-9-15)27(20,24)25/h8-11H,1-5,7,13-14H2,(H,21,23)(H2,20,24,25). The van der Waals surface area contributed by atoms with Crippen molar-refractivity contribution in [2.45, 2.75) is 43.4 Å². The van der Waals surface area contributed by atoms with Gasteiger partial charge < -0.3 is 10.1 Å². The van der Waals surface area contributed by atoms with Gasteiger partial charge in [-0.1, -0.05) is 19.3 Å². The number of hydrogen-bond donors (Lipinski definition) is 2. The Balaban J connectivity index is 2.11. The number of carbonyl (C=O) groups excluding carboxylic acids is 2. The van der Waals surface area contributed by atoms with Gasteiger partial charge >= 0.3 is 5.97 Å². The number of rotatable bonds is 11. The highest BCUT2D eigenvalue weighted by Crippen LogP contribution is 2.09. The number of esters is 1. The maximum Gasteiger partial charge on any atom is 0.306 e. The minimum absolute atomic E-state index is 0.0287. The summed E-state index contributed by atoms with van der Waals surface area (Å²) in [5.74, 6) is 2.09. The molecule has 0 aliphatic heterocycles. The lowest BCUT2D eigenvalue weighted by atomic mass is 10.1. The van der Waals surface area contributed by atoms with Crippen molar-refractivity contribution in [1.82, 2.24) is 5.32 Å². The first-order valence-electron chi connectivity index (χ1n) is 8.50. The van der Waals surface area contributed by atoms with Gasteiger partial charge in [0, 0.05) is 34.5 Å². The van der Waals surface area contributed by atoms with E-state index in [9.17, 15) is 18.0 Å². The average molecular weight is 459 g/mol. The van der Waals surface area contributed by atoms with Crippen molar-refractivity contribution >= 4 is 37.8 Å². The van der Waals surface area contributed by atoms with Crippen LogP contribution in [0.15, 0.2) is 29.2 Å². The summed E-state index contributed by atoms with van der Waals surface area (Å²) in [5, 5.41) is 7.80. The molecule has 0 saturated carbocycles. The van der Waals surface area contributed by atoms with Crippen LogP contribution in [0.5, 0.6) is 0 Å². The van der Waals surface area contributed by atoms with Crippen LogP contribution in [0.1, 0.15) is 48.9 Å². The molecule has 148 valence electrons. The molecule has 0 radical (unpaired) electrons. The molecule has 0 heterocycles. The lowest BCUT2D eigenvalue weighted by Gasteiger charge is -2.06. The summed E-state index contributed by atoms with van der Waals surface area (Å²) in [7, 11) is -3.76. The summed E-state index contributed by atoms with van der Waals surface area (Å²) >= 11 is 2.92. The summed E-state index contributed by atoms with van der Waals surface area (Å²) < 4.78 is 27.2. The quantitative estimate of drug-likeness (QED) is 0.299. The van der Waals surface area contributed by atoms with Gasteiger partial charge in [-0.25, -0.2) is 13.6 Å². The Morgan fingerprint density at radius 3 is 2.33 bits per heavy atom. The van der Waals surface area contributed by atoms with E-state index in [4.69, 9.17) is 9.88 Å². The number of unbranched alkanes of at least 4 members (excludes halogenated alkanes) is 4.